The van der Waals surface area contributed by atoms with E-state index in [0.29, 0.717) is 22.2 Å². The van der Waals surface area contributed by atoms with Crippen molar-refractivity contribution in [3.63, 3.8) is 0 Å². The Morgan fingerprint density at radius 2 is 1.72 bits per heavy atom. The maximum Gasteiger partial charge on any atom is 0.262 e. The van der Waals surface area contributed by atoms with Gasteiger partial charge in [0.25, 0.3) is 11.8 Å². The second-order valence-electron chi connectivity index (χ2n) is 9.80. The quantitative estimate of drug-likeness (QED) is 0.168. The molecule has 0 spiro atoms. The molecule has 0 bridgehead atoms. The molecule has 9 heteroatoms. The van der Waals surface area contributed by atoms with Gasteiger partial charge in [-0.1, -0.05) is 61.3 Å². The van der Waals surface area contributed by atoms with Crippen LogP contribution in [0.3, 0.4) is 0 Å². The van der Waals surface area contributed by atoms with Crippen molar-refractivity contribution in [2.45, 2.75) is 52.8 Å². The number of carbonyl (C=O) groups excluding carboxylic acids is 2. The highest BCUT2D eigenvalue weighted by Crippen LogP contribution is 2.30. The first-order valence-electron chi connectivity index (χ1n) is 12.9. The largest absolute Gasteiger partial charge is 0.479 e. The van der Waals surface area contributed by atoms with E-state index in [4.69, 9.17) is 27.9 Å². The third-order valence-corrected chi connectivity index (χ3v) is 6.94. The predicted molar refractivity (Wildman–Crippen MR) is 159 cm³/mol. The van der Waals surface area contributed by atoms with E-state index in [1.165, 1.54) is 17.0 Å². The summed E-state index contributed by atoms with van der Waals surface area (Å²) in [5.74, 6) is -0.361. The summed E-state index contributed by atoms with van der Waals surface area (Å²) in [6, 6.07) is 18.4. The van der Waals surface area contributed by atoms with Crippen LogP contribution in [-0.2, 0) is 16.1 Å². The number of halogens is 2. The van der Waals surface area contributed by atoms with Crippen molar-refractivity contribution in [1.82, 2.24) is 15.3 Å². The van der Waals surface area contributed by atoms with Crippen molar-refractivity contribution in [3.05, 3.63) is 76.3 Å². The van der Waals surface area contributed by atoms with Crippen LogP contribution >= 0.6 is 23.2 Å². The molecule has 4 aromatic rings. The van der Waals surface area contributed by atoms with E-state index in [9.17, 15) is 9.59 Å². The Morgan fingerprint density at radius 3 is 2.44 bits per heavy atom. The third kappa shape index (κ3) is 6.72. The van der Waals surface area contributed by atoms with Gasteiger partial charge in [-0.15, -0.1) is 0 Å². The molecule has 0 aliphatic heterocycles. The fourth-order valence-electron chi connectivity index (χ4n) is 4.55. The number of para-hydroxylation sites is 1. The van der Waals surface area contributed by atoms with Crippen LogP contribution in [0.2, 0.25) is 10.0 Å². The number of aryl methyl sites for hydroxylation is 1. The number of ether oxygens (including phenoxy) is 1. The van der Waals surface area contributed by atoms with Crippen LogP contribution in [0, 0.1) is 5.92 Å². The van der Waals surface area contributed by atoms with E-state index in [1.807, 2.05) is 32.0 Å². The maximum atomic E-state index is 13.0. The minimum Gasteiger partial charge on any atom is -0.479 e. The van der Waals surface area contributed by atoms with Crippen LogP contribution < -0.4 is 15.5 Å². The van der Waals surface area contributed by atoms with Crippen LogP contribution in [0.4, 0.5) is 0 Å². The fraction of sp³-hybridized carbons (Fsp3) is 0.300. The molecule has 0 saturated heterocycles. The topological polar surface area (TPSA) is 84.7 Å². The highest BCUT2D eigenvalue weighted by Gasteiger charge is 2.25. The summed E-state index contributed by atoms with van der Waals surface area (Å²) in [5, 5.41) is 10.0. The molecule has 0 unspecified atom stereocenters. The number of rotatable bonds is 10. The van der Waals surface area contributed by atoms with Gasteiger partial charge in [0.1, 0.15) is 11.8 Å². The summed E-state index contributed by atoms with van der Waals surface area (Å²) >= 11 is 12.1. The van der Waals surface area contributed by atoms with Crippen LogP contribution in [0.5, 0.6) is 5.75 Å². The van der Waals surface area contributed by atoms with Gasteiger partial charge in [-0.3, -0.25) is 9.59 Å². The lowest BCUT2D eigenvalue weighted by Crippen LogP contribution is -2.49. The van der Waals surface area contributed by atoms with Gasteiger partial charge < -0.3 is 14.6 Å². The van der Waals surface area contributed by atoms with Crippen LogP contribution in [0.25, 0.3) is 21.8 Å². The van der Waals surface area contributed by atoms with Gasteiger partial charge in [0.2, 0.25) is 0 Å². The van der Waals surface area contributed by atoms with Gasteiger partial charge >= 0.3 is 0 Å². The molecule has 7 nitrogen and oxygen atoms in total. The monoisotopic (exact) mass is 566 g/mol. The van der Waals surface area contributed by atoms with Crippen molar-refractivity contribution in [1.29, 1.82) is 0 Å². The predicted octanol–water partition coefficient (Wildman–Crippen LogP) is 6.57. The Balaban J connectivity index is 1.44. The Hall–Kier alpha value is -3.55. The average Bonchev–Trinajstić information content (AvgIpc) is 3.22. The van der Waals surface area contributed by atoms with Crippen molar-refractivity contribution in [2.75, 3.05) is 0 Å². The number of benzene rings is 3. The summed E-state index contributed by atoms with van der Waals surface area (Å²) in [5.41, 5.74) is 5.77. The van der Waals surface area contributed by atoms with Gasteiger partial charge in [0, 0.05) is 33.4 Å². The summed E-state index contributed by atoms with van der Waals surface area (Å²) in [4.78, 5) is 25.8. The summed E-state index contributed by atoms with van der Waals surface area (Å²) in [6.45, 7) is 8.54. The fourth-order valence-corrected chi connectivity index (χ4v) is 5.00. The molecular formula is C30H32Cl2N4O3. The van der Waals surface area contributed by atoms with Crippen molar-refractivity contribution < 1.29 is 14.3 Å². The number of hydrogen-bond donors (Lipinski definition) is 2. The smallest absolute Gasteiger partial charge is 0.262 e. The number of hydrazone groups is 1. The number of nitrogens with zero attached hydrogens (tertiary/aromatic N) is 2. The van der Waals surface area contributed by atoms with E-state index >= 15 is 0 Å². The zero-order valence-electron chi connectivity index (χ0n) is 22.4. The van der Waals surface area contributed by atoms with Crippen LogP contribution in [0.15, 0.2) is 65.8 Å². The highest BCUT2D eigenvalue weighted by atomic mass is 35.5. The van der Waals surface area contributed by atoms with Gasteiger partial charge in [-0.25, -0.2) is 5.43 Å². The molecule has 0 fully saturated rings. The lowest BCUT2D eigenvalue weighted by molar-refractivity contribution is -0.132. The molecule has 3 aromatic carbocycles. The normalized spacial score (nSPS) is 13.2. The van der Waals surface area contributed by atoms with Gasteiger partial charge in [0.05, 0.1) is 11.2 Å². The van der Waals surface area contributed by atoms with Gasteiger partial charge in [0.15, 0.2) is 6.10 Å². The molecule has 0 aliphatic rings. The lowest BCUT2D eigenvalue weighted by atomic mass is 10.0. The summed E-state index contributed by atoms with van der Waals surface area (Å²) in [7, 11) is 0. The molecule has 0 radical (unpaired) electrons. The molecule has 0 saturated carbocycles. The third-order valence-electron chi connectivity index (χ3n) is 6.41. The Labute approximate surface area is 238 Å². The first-order chi connectivity index (χ1) is 18.7. The molecule has 0 aliphatic carbocycles. The van der Waals surface area contributed by atoms with Crippen molar-refractivity contribution in [3.8, 4) is 5.75 Å². The number of nitrogens with one attached hydrogen (secondary N) is 2. The zero-order valence-corrected chi connectivity index (χ0v) is 23.9. The Kier molecular flexibility index (Phi) is 9.15. The minimum absolute atomic E-state index is 0.158. The zero-order chi connectivity index (χ0) is 28.1. The first kappa shape index (κ1) is 28.5. The molecule has 4 rings (SSSR count). The number of aromatic nitrogens is 1. The van der Waals surface area contributed by atoms with E-state index < -0.39 is 24.0 Å². The SMILES string of the molecule is CCn1c2ccccc2c2cc(/C=N\NC(=O)[C@@H](CC(C)C)NC(=O)[C@H](C)Oc3ccc(Cl)cc3Cl)ccc21. The van der Waals surface area contributed by atoms with E-state index in [1.54, 1.807) is 25.3 Å². The van der Waals surface area contributed by atoms with Crippen molar-refractivity contribution >= 4 is 63.0 Å². The van der Waals surface area contributed by atoms with Gasteiger partial charge in [-0.05, 0) is 68.1 Å². The molecule has 39 heavy (non-hydrogen) atoms. The number of fused-ring (bicyclic) bond motifs is 3. The summed E-state index contributed by atoms with van der Waals surface area (Å²) < 4.78 is 7.97. The molecule has 2 N–H and O–H groups in total. The average molecular weight is 568 g/mol. The Morgan fingerprint density at radius 1 is 0.974 bits per heavy atom. The van der Waals surface area contributed by atoms with E-state index in [-0.39, 0.29) is 5.92 Å². The van der Waals surface area contributed by atoms with E-state index in [0.717, 1.165) is 23.0 Å². The second-order valence-corrected chi connectivity index (χ2v) is 10.6. The van der Waals surface area contributed by atoms with Crippen LogP contribution in [0.1, 0.15) is 39.7 Å². The van der Waals surface area contributed by atoms with Crippen LogP contribution in [-0.4, -0.2) is 34.7 Å². The Bertz CT molecular complexity index is 1530. The molecule has 2 atom stereocenters. The lowest BCUT2D eigenvalue weighted by Gasteiger charge is -2.22. The molecule has 1 aromatic heterocycles. The highest BCUT2D eigenvalue weighted by molar-refractivity contribution is 6.35. The van der Waals surface area contributed by atoms with E-state index in [2.05, 4.69) is 51.6 Å². The first-order valence-corrected chi connectivity index (χ1v) is 13.7. The maximum absolute atomic E-state index is 13.0. The number of hydrogen-bond acceptors (Lipinski definition) is 4. The standard InChI is InChI=1S/C30H32Cl2N4O3/c1-5-36-26-9-7-6-8-22(26)23-15-20(10-12-27(23)36)17-33-35-30(38)25(14-18(2)3)34-29(37)19(4)39-28-13-11-21(31)16-24(28)32/h6-13,15-19,25H,5,14H2,1-4H3,(H,34,37)(H,35,38)/b33-17-/t19-,25+/m0/s1. The van der Waals surface area contributed by atoms with Gasteiger partial charge in [-0.2, -0.15) is 5.10 Å². The minimum atomic E-state index is -0.883. The molecule has 1 heterocycles. The second kappa shape index (κ2) is 12.5. The number of carbonyl (C=O) groups is 2. The molecular weight excluding hydrogens is 535 g/mol. The molecule has 204 valence electrons. The molecule has 2 amide bonds. The summed E-state index contributed by atoms with van der Waals surface area (Å²) in [6.07, 6.45) is 1.16. The van der Waals surface area contributed by atoms with Crippen molar-refractivity contribution in [2.24, 2.45) is 11.0 Å². The number of amides is 2.